The van der Waals surface area contributed by atoms with Crippen molar-refractivity contribution in [1.82, 2.24) is 0 Å². The van der Waals surface area contributed by atoms with Crippen molar-refractivity contribution in [2.45, 2.75) is 46.0 Å². The number of anilines is 1. The Morgan fingerprint density at radius 3 is 2.31 bits per heavy atom. The molecule has 1 fully saturated rings. The van der Waals surface area contributed by atoms with Crippen LogP contribution in [-0.2, 0) is 16.0 Å². The molecule has 3 rings (SSSR count). The molecule has 1 aromatic carbocycles. The van der Waals surface area contributed by atoms with Crippen LogP contribution >= 0.6 is 11.3 Å². The summed E-state index contributed by atoms with van der Waals surface area (Å²) < 4.78 is 0. The predicted molar refractivity (Wildman–Crippen MR) is 114 cm³/mol. The van der Waals surface area contributed by atoms with Gasteiger partial charge in [0.25, 0.3) is 5.91 Å². The fourth-order valence-corrected chi connectivity index (χ4v) is 5.15. The Bertz CT molecular complexity index is 933. The van der Waals surface area contributed by atoms with Gasteiger partial charge in [-0.05, 0) is 37.3 Å². The molecular formula is C22H26N2O4S. The highest BCUT2D eigenvalue weighted by Gasteiger charge is 2.36. The highest BCUT2D eigenvalue weighted by molar-refractivity contribution is 7.17. The monoisotopic (exact) mass is 414 g/mol. The number of nitrogens with one attached hydrogen (secondary N) is 1. The number of aryl methyl sites for hydroxylation is 2. The van der Waals surface area contributed by atoms with Crippen molar-refractivity contribution in [3.8, 4) is 11.1 Å². The second kappa shape index (κ2) is 8.78. The summed E-state index contributed by atoms with van der Waals surface area (Å²) in [4.78, 5) is 37.6. The molecule has 154 valence electrons. The summed E-state index contributed by atoms with van der Waals surface area (Å²) in [5.74, 6) is -3.20. The Morgan fingerprint density at radius 1 is 1.14 bits per heavy atom. The predicted octanol–water partition coefficient (Wildman–Crippen LogP) is 4.21. The van der Waals surface area contributed by atoms with E-state index in [-0.39, 0.29) is 11.5 Å². The first-order chi connectivity index (χ1) is 13.8. The minimum absolute atomic E-state index is 0.285. The molecule has 2 aromatic rings. The molecule has 7 heteroatoms. The van der Waals surface area contributed by atoms with Gasteiger partial charge in [-0.1, -0.05) is 44.0 Å². The van der Waals surface area contributed by atoms with Gasteiger partial charge in [0.15, 0.2) is 0 Å². The molecule has 2 atom stereocenters. The van der Waals surface area contributed by atoms with Gasteiger partial charge in [-0.3, -0.25) is 14.4 Å². The molecule has 4 N–H and O–H groups in total. The van der Waals surface area contributed by atoms with Crippen LogP contribution in [0.15, 0.2) is 24.3 Å². The Morgan fingerprint density at radius 2 is 1.76 bits per heavy atom. The Balaban J connectivity index is 1.94. The van der Waals surface area contributed by atoms with E-state index in [1.807, 2.05) is 31.2 Å². The summed E-state index contributed by atoms with van der Waals surface area (Å²) in [6.07, 6.45) is 3.57. The third kappa shape index (κ3) is 4.34. The van der Waals surface area contributed by atoms with Gasteiger partial charge in [0.2, 0.25) is 5.91 Å². The minimum atomic E-state index is -0.945. The molecule has 6 nitrogen and oxygen atoms in total. The van der Waals surface area contributed by atoms with E-state index in [9.17, 15) is 19.5 Å². The van der Waals surface area contributed by atoms with Gasteiger partial charge in [0.05, 0.1) is 17.4 Å². The molecule has 0 aliphatic heterocycles. The average molecular weight is 415 g/mol. The Labute approximate surface area is 174 Å². The number of benzene rings is 1. The van der Waals surface area contributed by atoms with Crippen molar-refractivity contribution < 1.29 is 19.5 Å². The fraction of sp³-hybridized carbons (Fsp3) is 0.409. The molecule has 0 spiro atoms. The van der Waals surface area contributed by atoms with E-state index in [0.717, 1.165) is 35.3 Å². The standard InChI is InChI=1S/C22H26N2O4S/c1-3-13-8-10-14(11-9-13)17-12(2)29-21(18(17)19(23)25)24-20(26)15-6-4-5-7-16(15)22(27)28/h8-11,15-16H,3-7H2,1-2H3,(H2,23,25)(H,24,26)(H,27,28)/t15-,16-/m0/s1. The summed E-state index contributed by atoms with van der Waals surface area (Å²) in [5.41, 5.74) is 8.74. The van der Waals surface area contributed by atoms with Crippen molar-refractivity contribution in [2.75, 3.05) is 5.32 Å². The minimum Gasteiger partial charge on any atom is -0.481 e. The molecular weight excluding hydrogens is 388 g/mol. The Kier molecular flexibility index (Phi) is 6.37. The van der Waals surface area contributed by atoms with E-state index in [2.05, 4.69) is 12.2 Å². The summed E-state index contributed by atoms with van der Waals surface area (Å²) >= 11 is 1.30. The molecule has 1 aliphatic rings. The van der Waals surface area contributed by atoms with E-state index >= 15 is 0 Å². The number of aliphatic carboxylic acids is 1. The van der Waals surface area contributed by atoms with Crippen LogP contribution in [0.1, 0.15) is 53.4 Å². The molecule has 1 heterocycles. The van der Waals surface area contributed by atoms with E-state index in [0.29, 0.717) is 17.8 Å². The van der Waals surface area contributed by atoms with Gasteiger partial charge in [0.1, 0.15) is 5.00 Å². The first-order valence-electron chi connectivity index (χ1n) is 9.89. The van der Waals surface area contributed by atoms with Crippen LogP contribution < -0.4 is 11.1 Å². The lowest BCUT2D eigenvalue weighted by Crippen LogP contribution is -2.36. The number of carbonyl (C=O) groups is 3. The maximum atomic E-state index is 12.9. The lowest BCUT2D eigenvalue weighted by atomic mass is 9.78. The largest absolute Gasteiger partial charge is 0.481 e. The number of rotatable bonds is 6. The second-order valence-electron chi connectivity index (χ2n) is 7.48. The zero-order chi connectivity index (χ0) is 21.1. The molecule has 0 radical (unpaired) electrons. The number of thiophene rings is 1. The number of carboxylic acids is 1. The maximum Gasteiger partial charge on any atom is 0.307 e. The molecule has 29 heavy (non-hydrogen) atoms. The highest BCUT2D eigenvalue weighted by Crippen LogP contribution is 2.41. The number of hydrogen-bond donors (Lipinski definition) is 3. The normalized spacial score (nSPS) is 19.0. The van der Waals surface area contributed by atoms with Gasteiger partial charge in [-0.25, -0.2) is 0 Å². The lowest BCUT2D eigenvalue weighted by molar-refractivity contribution is -0.147. The van der Waals surface area contributed by atoms with Crippen molar-refractivity contribution >= 4 is 34.1 Å². The SMILES string of the molecule is CCc1ccc(-c2c(C)sc(NC(=O)[C@H]3CCCC[C@@H]3C(=O)O)c2C(N)=O)cc1. The van der Waals surface area contributed by atoms with Gasteiger partial charge >= 0.3 is 5.97 Å². The fourth-order valence-electron chi connectivity index (χ4n) is 4.07. The number of nitrogens with two attached hydrogens (primary N) is 1. The topological polar surface area (TPSA) is 109 Å². The van der Waals surface area contributed by atoms with E-state index < -0.39 is 23.7 Å². The zero-order valence-corrected chi connectivity index (χ0v) is 17.5. The second-order valence-corrected chi connectivity index (χ2v) is 8.70. The highest BCUT2D eigenvalue weighted by atomic mass is 32.1. The molecule has 2 amide bonds. The summed E-state index contributed by atoms with van der Waals surface area (Å²) in [5, 5.41) is 12.7. The molecule has 1 saturated carbocycles. The van der Waals surface area contributed by atoms with Crippen molar-refractivity contribution in [3.63, 3.8) is 0 Å². The van der Waals surface area contributed by atoms with Crippen molar-refractivity contribution in [2.24, 2.45) is 17.6 Å². The van der Waals surface area contributed by atoms with Gasteiger partial charge in [-0.2, -0.15) is 0 Å². The molecule has 0 saturated heterocycles. The number of carbonyl (C=O) groups excluding carboxylic acids is 2. The van der Waals surface area contributed by atoms with Crippen LogP contribution in [-0.4, -0.2) is 22.9 Å². The maximum absolute atomic E-state index is 12.9. The first-order valence-corrected chi connectivity index (χ1v) is 10.7. The van der Waals surface area contributed by atoms with Crippen LogP contribution in [0.2, 0.25) is 0 Å². The smallest absolute Gasteiger partial charge is 0.307 e. The number of carboxylic acid groups (broad SMARTS) is 1. The van der Waals surface area contributed by atoms with Crippen LogP contribution in [0, 0.1) is 18.8 Å². The first kappa shape index (κ1) is 21.0. The van der Waals surface area contributed by atoms with E-state index in [4.69, 9.17) is 5.73 Å². The van der Waals surface area contributed by atoms with E-state index in [1.165, 1.54) is 16.9 Å². The zero-order valence-electron chi connectivity index (χ0n) is 16.7. The van der Waals surface area contributed by atoms with Crippen LogP contribution in [0.3, 0.4) is 0 Å². The number of primary amides is 1. The number of hydrogen-bond acceptors (Lipinski definition) is 4. The quantitative estimate of drug-likeness (QED) is 0.657. The van der Waals surface area contributed by atoms with Gasteiger partial charge in [-0.15, -0.1) is 11.3 Å². The summed E-state index contributed by atoms with van der Waals surface area (Å²) in [6, 6.07) is 7.92. The van der Waals surface area contributed by atoms with Crippen molar-refractivity contribution in [3.05, 3.63) is 40.3 Å². The summed E-state index contributed by atoms with van der Waals surface area (Å²) in [7, 11) is 0. The van der Waals surface area contributed by atoms with Gasteiger partial charge in [0, 0.05) is 10.4 Å². The van der Waals surface area contributed by atoms with Gasteiger partial charge < -0.3 is 16.2 Å². The molecule has 0 bridgehead atoms. The van der Waals surface area contributed by atoms with Crippen LogP contribution in [0.5, 0.6) is 0 Å². The van der Waals surface area contributed by atoms with Crippen molar-refractivity contribution in [1.29, 1.82) is 0 Å². The van der Waals surface area contributed by atoms with E-state index in [1.54, 1.807) is 0 Å². The molecule has 1 aliphatic carbocycles. The lowest BCUT2D eigenvalue weighted by Gasteiger charge is -2.27. The third-order valence-electron chi connectivity index (χ3n) is 5.64. The molecule has 0 unspecified atom stereocenters. The third-order valence-corrected chi connectivity index (χ3v) is 6.66. The average Bonchev–Trinajstić information content (AvgIpc) is 3.03. The molecule has 1 aromatic heterocycles. The summed E-state index contributed by atoms with van der Waals surface area (Å²) in [6.45, 7) is 3.96. The Hall–Kier alpha value is -2.67. The number of amides is 2. The van der Waals surface area contributed by atoms with Crippen LogP contribution in [0.4, 0.5) is 5.00 Å². The van der Waals surface area contributed by atoms with Crippen LogP contribution in [0.25, 0.3) is 11.1 Å².